The minimum absolute atomic E-state index is 0.296. The lowest BCUT2D eigenvalue weighted by molar-refractivity contribution is 0.0981. The SMILES string of the molecule is COCCNCCNS(=O)(=O)C1CCOCC1. The molecule has 1 saturated heterocycles. The minimum atomic E-state index is -3.18. The highest BCUT2D eigenvalue weighted by atomic mass is 32.2. The van der Waals surface area contributed by atoms with Crippen molar-refractivity contribution in [2.45, 2.75) is 18.1 Å². The molecule has 0 amide bonds. The average molecular weight is 266 g/mol. The average Bonchev–Trinajstić information content (AvgIpc) is 2.35. The molecule has 0 unspecified atom stereocenters. The molecule has 0 spiro atoms. The number of rotatable bonds is 8. The Balaban J connectivity index is 2.15. The summed E-state index contributed by atoms with van der Waals surface area (Å²) in [5, 5.41) is 2.79. The largest absolute Gasteiger partial charge is 0.383 e. The quantitative estimate of drug-likeness (QED) is 0.569. The van der Waals surface area contributed by atoms with Gasteiger partial charge in [-0.1, -0.05) is 0 Å². The summed E-state index contributed by atoms with van der Waals surface area (Å²) in [6, 6.07) is 0. The second-order valence-corrected chi connectivity index (χ2v) is 6.04. The topological polar surface area (TPSA) is 76.7 Å². The first kappa shape index (κ1) is 14.8. The van der Waals surface area contributed by atoms with Crippen molar-refractivity contribution in [3.63, 3.8) is 0 Å². The van der Waals surface area contributed by atoms with Gasteiger partial charge in [0.1, 0.15) is 0 Å². The Labute approximate surface area is 103 Å². The molecule has 1 aliphatic rings. The van der Waals surface area contributed by atoms with Crippen LogP contribution < -0.4 is 10.0 Å². The van der Waals surface area contributed by atoms with E-state index in [2.05, 4.69) is 10.0 Å². The highest BCUT2D eigenvalue weighted by Crippen LogP contribution is 2.14. The van der Waals surface area contributed by atoms with Gasteiger partial charge in [0.15, 0.2) is 0 Å². The fourth-order valence-corrected chi connectivity index (χ4v) is 3.12. The Morgan fingerprint density at radius 1 is 1.24 bits per heavy atom. The van der Waals surface area contributed by atoms with E-state index in [9.17, 15) is 8.42 Å². The van der Waals surface area contributed by atoms with Crippen molar-refractivity contribution in [1.82, 2.24) is 10.0 Å². The molecule has 0 aromatic carbocycles. The molecule has 17 heavy (non-hydrogen) atoms. The molecule has 0 saturated carbocycles. The highest BCUT2D eigenvalue weighted by Gasteiger charge is 2.26. The van der Waals surface area contributed by atoms with Gasteiger partial charge in [-0.25, -0.2) is 13.1 Å². The zero-order valence-corrected chi connectivity index (χ0v) is 11.1. The predicted molar refractivity (Wildman–Crippen MR) is 65.5 cm³/mol. The van der Waals surface area contributed by atoms with Gasteiger partial charge < -0.3 is 14.8 Å². The summed E-state index contributed by atoms with van der Waals surface area (Å²) in [5.41, 5.74) is 0. The van der Waals surface area contributed by atoms with E-state index in [1.807, 2.05) is 0 Å². The molecule has 2 N–H and O–H groups in total. The summed E-state index contributed by atoms with van der Waals surface area (Å²) in [7, 11) is -1.54. The molecule has 0 aromatic heterocycles. The Bertz CT molecular complexity index is 289. The van der Waals surface area contributed by atoms with Gasteiger partial charge in [0.05, 0.1) is 11.9 Å². The molecule has 1 rings (SSSR count). The third kappa shape index (κ3) is 5.78. The lowest BCUT2D eigenvalue weighted by Gasteiger charge is -2.22. The maximum absolute atomic E-state index is 11.9. The second kappa shape index (κ2) is 7.99. The van der Waals surface area contributed by atoms with Crippen LogP contribution in [0.25, 0.3) is 0 Å². The van der Waals surface area contributed by atoms with Gasteiger partial charge in [0, 0.05) is 40.0 Å². The molecule has 7 heteroatoms. The molecule has 0 aliphatic carbocycles. The Morgan fingerprint density at radius 2 is 1.94 bits per heavy atom. The summed E-state index contributed by atoms with van der Waals surface area (Å²) in [5.74, 6) is 0. The Hall–Kier alpha value is -0.210. The van der Waals surface area contributed by atoms with Crippen molar-refractivity contribution in [2.75, 3.05) is 46.6 Å². The van der Waals surface area contributed by atoms with Gasteiger partial charge >= 0.3 is 0 Å². The Kier molecular flexibility index (Phi) is 6.98. The van der Waals surface area contributed by atoms with Crippen molar-refractivity contribution in [3.8, 4) is 0 Å². The number of nitrogens with one attached hydrogen (secondary N) is 2. The van der Waals surface area contributed by atoms with E-state index < -0.39 is 10.0 Å². The van der Waals surface area contributed by atoms with Crippen LogP contribution in [0, 0.1) is 0 Å². The van der Waals surface area contributed by atoms with E-state index >= 15 is 0 Å². The van der Waals surface area contributed by atoms with E-state index in [1.54, 1.807) is 7.11 Å². The maximum Gasteiger partial charge on any atom is 0.214 e. The fraction of sp³-hybridized carbons (Fsp3) is 1.00. The molecule has 1 aliphatic heterocycles. The van der Waals surface area contributed by atoms with Crippen LogP contribution in [0.2, 0.25) is 0 Å². The Morgan fingerprint density at radius 3 is 2.59 bits per heavy atom. The fourth-order valence-electron chi connectivity index (χ4n) is 1.69. The minimum Gasteiger partial charge on any atom is -0.383 e. The first-order valence-electron chi connectivity index (χ1n) is 5.92. The molecule has 1 fully saturated rings. The molecule has 102 valence electrons. The maximum atomic E-state index is 11.9. The number of ether oxygens (including phenoxy) is 2. The van der Waals surface area contributed by atoms with Crippen molar-refractivity contribution in [1.29, 1.82) is 0 Å². The van der Waals surface area contributed by atoms with Gasteiger partial charge in [-0.15, -0.1) is 0 Å². The van der Waals surface area contributed by atoms with Crippen LogP contribution in [0.3, 0.4) is 0 Å². The summed E-state index contributed by atoms with van der Waals surface area (Å²) in [6.07, 6.45) is 1.18. The monoisotopic (exact) mass is 266 g/mol. The van der Waals surface area contributed by atoms with Crippen LogP contribution >= 0.6 is 0 Å². The zero-order valence-electron chi connectivity index (χ0n) is 10.3. The van der Waals surface area contributed by atoms with E-state index in [1.165, 1.54) is 0 Å². The second-order valence-electron chi connectivity index (χ2n) is 3.99. The van der Waals surface area contributed by atoms with Gasteiger partial charge in [0.2, 0.25) is 10.0 Å². The lowest BCUT2D eigenvalue weighted by Crippen LogP contribution is -2.41. The molecule has 0 atom stereocenters. The lowest BCUT2D eigenvalue weighted by atomic mass is 10.2. The van der Waals surface area contributed by atoms with Crippen LogP contribution in [0.15, 0.2) is 0 Å². The van der Waals surface area contributed by atoms with E-state index in [-0.39, 0.29) is 5.25 Å². The standard InChI is InChI=1S/C10H22N2O4S/c1-15-9-6-11-4-5-12-17(13,14)10-2-7-16-8-3-10/h10-12H,2-9H2,1H3. The summed E-state index contributed by atoms with van der Waals surface area (Å²) >= 11 is 0. The first-order valence-corrected chi connectivity index (χ1v) is 7.47. The van der Waals surface area contributed by atoms with Crippen molar-refractivity contribution < 1.29 is 17.9 Å². The van der Waals surface area contributed by atoms with Crippen LogP contribution in [0.1, 0.15) is 12.8 Å². The van der Waals surface area contributed by atoms with E-state index in [0.717, 1.165) is 6.54 Å². The van der Waals surface area contributed by atoms with Crippen LogP contribution in [-0.4, -0.2) is 60.2 Å². The molecule has 0 radical (unpaired) electrons. The van der Waals surface area contributed by atoms with Crippen molar-refractivity contribution >= 4 is 10.0 Å². The number of methoxy groups -OCH3 is 1. The first-order chi connectivity index (χ1) is 8.17. The van der Waals surface area contributed by atoms with Crippen molar-refractivity contribution in [2.24, 2.45) is 0 Å². The van der Waals surface area contributed by atoms with Crippen LogP contribution in [0.4, 0.5) is 0 Å². The van der Waals surface area contributed by atoms with Gasteiger partial charge in [0.25, 0.3) is 0 Å². The number of sulfonamides is 1. The smallest absolute Gasteiger partial charge is 0.214 e. The zero-order chi connectivity index (χ0) is 12.6. The van der Waals surface area contributed by atoms with Crippen molar-refractivity contribution in [3.05, 3.63) is 0 Å². The van der Waals surface area contributed by atoms with E-state index in [0.29, 0.717) is 45.8 Å². The molecule has 0 aromatic rings. The molecular formula is C10H22N2O4S. The summed E-state index contributed by atoms with van der Waals surface area (Å²) < 4.78 is 36.3. The van der Waals surface area contributed by atoms with E-state index in [4.69, 9.17) is 9.47 Å². The van der Waals surface area contributed by atoms with Gasteiger partial charge in [-0.3, -0.25) is 0 Å². The summed E-state index contributed by atoms with van der Waals surface area (Å²) in [4.78, 5) is 0. The molecule has 1 heterocycles. The highest BCUT2D eigenvalue weighted by molar-refractivity contribution is 7.90. The van der Waals surface area contributed by atoms with Gasteiger partial charge in [-0.05, 0) is 12.8 Å². The molecule has 6 nitrogen and oxygen atoms in total. The number of hydrogen-bond acceptors (Lipinski definition) is 5. The third-order valence-electron chi connectivity index (χ3n) is 2.70. The third-order valence-corrected chi connectivity index (χ3v) is 4.65. The van der Waals surface area contributed by atoms with Gasteiger partial charge in [-0.2, -0.15) is 0 Å². The molecular weight excluding hydrogens is 244 g/mol. The summed E-state index contributed by atoms with van der Waals surface area (Å²) in [6.45, 7) is 3.48. The molecule has 0 bridgehead atoms. The van der Waals surface area contributed by atoms with Crippen LogP contribution in [0.5, 0.6) is 0 Å². The number of hydrogen-bond donors (Lipinski definition) is 2. The normalized spacial score (nSPS) is 18.4. The van der Waals surface area contributed by atoms with Crippen LogP contribution in [-0.2, 0) is 19.5 Å². The predicted octanol–water partition coefficient (Wildman–Crippen LogP) is -0.679.